The minimum absolute atomic E-state index is 0.0424. The Morgan fingerprint density at radius 1 is 0.932 bits per heavy atom. The van der Waals surface area contributed by atoms with Crippen molar-refractivity contribution >= 4 is 51.0 Å². The number of unbranched alkanes of at least 4 members (excludes halogenated alkanes) is 1. The first-order chi connectivity index (χ1) is 20.8. The quantitative estimate of drug-likeness (QED) is 0.138. The van der Waals surface area contributed by atoms with Crippen LogP contribution in [0, 0.1) is 5.92 Å². The van der Waals surface area contributed by atoms with Crippen LogP contribution in [0.5, 0.6) is 0 Å². The van der Waals surface area contributed by atoms with Crippen LogP contribution in [0.2, 0.25) is 10.0 Å². The zero-order valence-electron chi connectivity index (χ0n) is 25.5. The smallest absolute Gasteiger partial charge is 0.319 e. The second-order valence-corrected chi connectivity index (χ2v) is 13.9. The molecule has 0 bridgehead atoms. The van der Waals surface area contributed by atoms with Gasteiger partial charge in [-0.2, -0.15) is 0 Å². The number of rotatable bonds is 15. The predicted octanol–water partition coefficient (Wildman–Crippen LogP) is 6.50. The summed E-state index contributed by atoms with van der Waals surface area (Å²) in [5.74, 6) is 0.269. The van der Waals surface area contributed by atoms with Gasteiger partial charge in [-0.3, -0.25) is 0 Å². The van der Waals surface area contributed by atoms with Crippen LogP contribution in [0.4, 0.5) is 15.3 Å². The number of nitrogens with zero attached hydrogens (tertiary/aromatic N) is 2. The van der Waals surface area contributed by atoms with E-state index in [0.717, 1.165) is 5.69 Å². The van der Waals surface area contributed by atoms with E-state index in [9.17, 15) is 18.0 Å². The number of urea groups is 2. The fraction of sp³-hybridized carbons (Fsp3) is 0.419. The predicted molar refractivity (Wildman–Crippen MR) is 177 cm³/mol. The van der Waals surface area contributed by atoms with E-state index >= 15 is 0 Å². The van der Waals surface area contributed by atoms with E-state index < -0.39 is 10.0 Å². The summed E-state index contributed by atoms with van der Waals surface area (Å²) in [6.45, 7) is 8.72. The highest BCUT2D eigenvalue weighted by atomic mass is 35.5. The maximum atomic E-state index is 13.1. The molecule has 0 aliphatic carbocycles. The fourth-order valence-electron chi connectivity index (χ4n) is 4.61. The molecule has 2 aromatic carbocycles. The van der Waals surface area contributed by atoms with Crippen LogP contribution >= 0.6 is 23.2 Å². The highest BCUT2D eigenvalue weighted by molar-refractivity contribution is 7.89. The number of aromatic nitrogens is 1. The van der Waals surface area contributed by atoms with Crippen LogP contribution < -0.4 is 20.7 Å². The van der Waals surface area contributed by atoms with E-state index in [4.69, 9.17) is 23.2 Å². The van der Waals surface area contributed by atoms with E-state index in [1.807, 2.05) is 67.2 Å². The van der Waals surface area contributed by atoms with Crippen LogP contribution in [-0.2, 0) is 10.0 Å². The van der Waals surface area contributed by atoms with Gasteiger partial charge in [0.2, 0.25) is 10.0 Å². The third kappa shape index (κ3) is 11.4. The Bertz CT molecular complexity index is 1460. The van der Waals surface area contributed by atoms with Crippen LogP contribution in [0.15, 0.2) is 71.9 Å². The number of hydrogen-bond acceptors (Lipinski definition) is 4. The maximum absolute atomic E-state index is 13.1. The summed E-state index contributed by atoms with van der Waals surface area (Å²) in [6.07, 6.45) is 5.58. The molecular formula is C31H42Cl2N6O4S. The zero-order valence-corrected chi connectivity index (χ0v) is 27.8. The normalized spacial score (nSPS) is 12.3. The molecular weight excluding hydrogens is 623 g/mol. The van der Waals surface area contributed by atoms with Gasteiger partial charge in [0.25, 0.3) is 0 Å². The average molecular weight is 666 g/mol. The van der Waals surface area contributed by atoms with Crippen LogP contribution in [0.3, 0.4) is 0 Å². The molecule has 0 spiro atoms. The van der Waals surface area contributed by atoms with Crippen molar-refractivity contribution in [3.63, 3.8) is 0 Å². The molecule has 3 rings (SSSR count). The molecule has 0 unspecified atom stereocenters. The molecule has 13 heteroatoms. The van der Waals surface area contributed by atoms with E-state index in [2.05, 4.69) is 34.5 Å². The number of amides is 4. The van der Waals surface area contributed by atoms with Crippen molar-refractivity contribution < 1.29 is 18.0 Å². The number of halogens is 2. The van der Waals surface area contributed by atoms with Crippen molar-refractivity contribution in [2.24, 2.45) is 5.92 Å². The number of carbonyl (C=O) groups excluding carboxylic acids is 2. The molecule has 4 N–H and O–H groups in total. The van der Waals surface area contributed by atoms with Crippen molar-refractivity contribution in [2.45, 2.75) is 63.9 Å². The van der Waals surface area contributed by atoms with E-state index in [1.165, 1.54) is 18.2 Å². The maximum Gasteiger partial charge on any atom is 0.319 e. The molecule has 4 amide bonds. The van der Waals surface area contributed by atoms with Gasteiger partial charge in [-0.25, -0.2) is 22.7 Å². The highest BCUT2D eigenvalue weighted by Crippen LogP contribution is 2.24. The molecule has 0 aliphatic heterocycles. The summed E-state index contributed by atoms with van der Waals surface area (Å²) in [7, 11) is -3.82. The summed E-state index contributed by atoms with van der Waals surface area (Å²) in [5.41, 5.74) is 1.63. The Balaban J connectivity index is 1.58. The molecule has 10 nitrogen and oxygen atoms in total. The molecule has 0 radical (unpaired) electrons. The summed E-state index contributed by atoms with van der Waals surface area (Å²) >= 11 is 12.0. The van der Waals surface area contributed by atoms with Gasteiger partial charge < -0.3 is 25.4 Å². The van der Waals surface area contributed by atoms with E-state index in [-0.39, 0.29) is 46.5 Å². The van der Waals surface area contributed by atoms with Crippen molar-refractivity contribution in [3.05, 3.63) is 77.0 Å². The van der Waals surface area contributed by atoms with Gasteiger partial charge in [0.05, 0.1) is 5.02 Å². The molecule has 1 atom stereocenters. The Morgan fingerprint density at radius 2 is 1.61 bits per heavy atom. The molecule has 0 saturated heterocycles. The summed E-state index contributed by atoms with van der Waals surface area (Å²) in [4.78, 5) is 27.7. The van der Waals surface area contributed by atoms with Gasteiger partial charge >= 0.3 is 12.1 Å². The fourth-order valence-corrected chi connectivity index (χ4v) is 6.45. The number of hydrogen-bond donors (Lipinski definition) is 4. The lowest BCUT2D eigenvalue weighted by Gasteiger charge is -2.30. The van der Waals surface area contributed by atoms with Crippen LogP contribution in [-0.4, -0.2) is 61.7 Å². The number of carbonyl (C=O) groups is 2. The third-order valence-corrected chi connectivity index (χ3v) is 8.77. The monoisotopic (exact) mass is 664 g/mol. The second-order valence-electron chi connectivity index (χ2n) is 11.3. The van der Waals surface area contributed by atoms with E-state index in [0.29, 0.717) is 43.1 Å². The molecule has 1 aromatic heterocycles. The standard InChI is InChI=1S/C31H42Cl2N6O4S/c1-22(2)19-26(37-30(40)36-25-10-12-27(13-11-25)38-16-7-8-17-38)21-39(31(41)35-23(3)4)18-6-5-15-34-44(42,43)29-14-9-24(32)20-28(29)33/h7-14,16-17,20,22-23,26,34H,5-6,15,18-19,21H2,1-4H3,(H,35,41)(H2,36,37,40)/t26-/m1/s1. The van der Waals surface area contributed by atoms with Gasteiger partial charge in [-0.1, -0.05) is 37.0 Å². The largest absolute Gasteiger partial charge is 0.336 e. The molecule has 44 heavy (non-hydrogen) atoms. The number of sulfonamides is 1. The minimum atomic E-state index is -3.82. The Morgan fingerprint density at radius 3 is 2.23 bits per heavy atom. The highest BCUT2D eigenvalue weighted by Gasteiger charge is 2.23. The first kappa shape index (κ1) is 35.2. The lowest BCUT2D eigenvalue weighted by Crippen LogP contribution is -2.51. The first-order valence-electron chi connectivity index (χ1n) is 14.6. The van der Waals surface area contributed by atoms with Crippen molar-refractivity contribution in [1.29, 1.82) is 0 Å². The Labute approximate surface area is 270 Å². The molecule has 0 saturated carbocycles. The Kier molecular flexibility index (Phi) is 13.4. The van der Waals surface area contributed by atoms with Crippen LogP contribution in [0.25, 0.3) is 5.69 Å². The van der Waals surface area contributed by atoms with Crippen molar-refractivity contribution in [2.75, 3.05) is 25.0 Å². The SMILES string of the molecule is CC(C)C[C@H](CN(CCCCNS(=O)(=O)c1ccc(Cl)cc1Cl)C(=O)NC(C)C)NC(=O)Nc1ccc(-n2cccc2)cc1. The number of anilines is 1. The third-order valence-electron chi connectivity index (χ3n) is 6.59. The van der Waals surface area contributed by atoms with Gasteiger partial charge in [0.15, 0.2) is 0 Å². The van der Waals surface area contributed by atoms with E-state index in [1.54, 1.807) is 4.90 Å². The first-order valence-corrected chi connectivity index (χ1v) is 16.9. The second kappa shape index (κ2) is 16.7. The summed E-state index contributed by atoms with van der Waals surface area (Å²) in [6, 6.07) is 14.6. The lowest BCUT2D eigenvalue weighted by atomic mass is 10.0. The van der Waals surface area contributed by atoms with Crippen molar-refractivity contribution in [1.82, 2.24) is 24.8 Å². The molecule has 1 heterocycles. The van der Waals surface area contributed by atoms with Gasteiger partial charge in [0, 0.05) is 60.5 Å². The summed E-state index contributed by atoms with van der Waals surface area (Å²) < 4.78 is 29.9. The Hall–Kier alpha value is -3.25. The topological polar surface area (TPSA) is 125 Å². The zero-order chi connectivity index (χ0) is 32.3. The van der Waals surface area contributed by atoms with Crippen molar-refractivity contribution in [3.8, 4) is 5.69 Å². The van der Waals surface area contributed by atoms with Gasteiger partial charge in [0.1, 0.15) is 4.90 Å². The minimum Gasteiger partial charge on any atom is -0.336 e. The van der Waals surface area contributed by atoms with Gasteiger partial charge in [-0.05, 0) is 93.6 Å². The average Bonchev–Trinajstić information content (AvgIpc) is 3.46. The molecule has 0 aliphatic rings. The molecule has 0 fully saturated rings. The van der Waals surface area contributed by atoms with Gasteiger partial charge in [-0.15, -0.1) is 0 Å². The lowest BCUT2D eigenvalue weighted by molar-refractivity contribution is 0.183. The number of nitrogens with one attached hydrogen (secondary N) is 4. The number of benzene rings is 2. The van der Waals surface area contributed by atoms with Crippen LogP contribution in [0.1, 0.15) is 47.0 Å². The molecule has 240 valence electrons. The summed E-state index contributed by atoms with van der Waals surface area (Å²) in [5, 5.41) is 9.24. The molecule has 3 aromatic rings.